The Bertz CT molecular complexity index is 582. The van der Waals surface area contributed by atoms with Gasteiger partial charge in [-0.15, -0.1) is 0 Å². The van der Waals surface area contributed by atoms with Gasteiger partial charge >= 0.3 is 0 Å². The van der Waals surface area contributed by atoms with Crippen molar-refractivity contribution in [3.8, 4) is 0 Å². The zero-order valence-electron chi connectivity index (χ0n) is 10.4. The molecule has 1 radical (unpaired) electrons. The summed E-state index contributed by atoms with van der Waals surface area (Å²) in [5, 5.41) is 3.55. The van der Waals surface area contributed by atoms with E-state index in [-0.39, 0.29) is 18.0 Å². The average Bonchev–Trinajstić information content (AvgIpc) is 2.46. The van der Waals surface area contributed by atoms with E-state index in [9.17, 15) is 13.2 Å². The Morgan fingerprint density at radius 1 is 1.05 bits per heavy atom. The first-order chi connectivity index (χ1) is 9.66. The van der Waals surface area contributed by atoms with Gasteiger partial charge in [-0.05, 0) is 6.07 Å². The maximum atomic E-state index is 13.2. The van der Waals surface area contributed by atoms with Crippen LogP contribution in [0.15, 0.2) is 53.7 Å². The topological polar surface area (TPSA) is 21.6 Å². The van der Waals surface area contributed by atoms with Crippen LogP contribution in [0.2, 0.25) is 0 Å². The Morgan fingerprint density at radius 3 is 2.40 bits per heavy atom. The Hall–Kier alpha value is -2.30. The molecular weight excluding hydrogens is 267 g/mol. The molecule has 2 aromatic rings. The van der Waals surface area contributed by atoms with Gasteiger partial charge in [0.05, 0.1) is 0 Å². The molecule has 5 heteroatoms. The van der Waals surface area contributed by atoms with Crippen LogP contribution < -0.4 is 0 Å². The summed E-state index contributed by atoms with van der Waals surface area (Å²) in [5.74, 6) is -0.371. The number of benzene rings is 2. The molecule has 0 unspecified atom stereocenters. The van der Waals surface area contributed by atoms with Gasteiger partial charge in [0.15, 0.2) is 0 Å². The van der Waals surface area contributed by atoms with E-state index in [0.717, 1.165) is 0 Å². The predicted octanol–water partition coefficient (Wildman–Crippen LogP) is 4.19. The SMILES string of the molecule is Fc1ccccc1CO/N=[C]\c1ccc(C(F)F)cc1. The van der Waals surface area contributed by atoms with Gasteiger partial charge in [0.25, 0.3) is 6.43 Å². The molecule has 2 aromatic carbocycles. The third-order valence-corrected chi connectivity index (χ3v) is 2.58. The molecule has 0 aromatic heterocycles. The van der Waals surface area contributed by atoms with Crippen molar-refractivity contribution >= 4 is 6.21 Å². The smallest absolute Gasteiger partial charge is 0.263 e. The molecule has 0 N–H and O–H groups in total. The monoisotopic (exact) mass is 278 g/mol. The molecule has 2 nitrogen and oxygen atoms in total. The zero-order chi connectivity index (χ0) is 14.4. The van der Waals surface area contributed by atoms with E-state index in [1.165, 1.54) is 30.3 Å². The molecular formula is C15H11F3NO. The quantitative estimate of drug-likeness (QED) is 0.593. The van der Waals surface area contributed by atoms with E-state index in [2.05, 4.69) is 11.4 Å². The molecule has 20 heavy (non-hydrogen) atoms. The lowest BCUT2D eigenvalue weighted by molar-refractivity contribution is 0.129. The van der Waals surface area contributed by atoms with E-state index in [4.69, 9.17) is 4.84 Å². The van der Waals surface area contributed by atoms with E-state index >= 15 is 0 Å². The van der Waals surface area contributed by atoms with E-state index < -0.39 is 6.43 Å². The molecule has 0 fully saturated rings. The molecule has 0 spiro atoms. The molecule has 0 atom stereocenters. The number of alkyl halides is 2. The molecule has 0 aliphatic carbocycles. The van der Waals surface area contributed by atoms with Gasteiger partial charge in [0.1, 0.15) is 18.6 Å². The van der Waals surface area contributed by atoms with Crippen LogP contribution >= 0.6 is 0 Å². The summed E-state index contributed by atoms with van der Waals surface area (Å²) in [4.78, 5) is 4.91. The maximum absolute atomic E-state index is 13.2. The molecule has 103 valence electrons. The van der Waals surface area contributed by atoms with E-state index in [1.807, 2.05) is 0 Å². The number of halogens is 3. The second-order valence-electron chi connectivity index (χ2n) is 3.99. The highest BCUT2D eigenvalue weighted by molar-refractivity contribution is 5.79. The summed E-state index contributed by atoms with van der Waals surface area (Å²) in [7, 11) is 0. The fourth-order valence-electron chi connectivity index (χ4n) is 1.51. The highest BCUT2D eigenvalue weighted by Gasteiger charge is 2.05. The van der Waals surface area contributed by atoms with Crippen LogP contribution in [0.3, 0.4) is 0 Å². The highest BCUT2D eigenvalue weighted by Crippen LogP contribution is 2.18. The van der Waals surface area contributed by atoms with Gasteiger partial charge in [-0.25, -0.2) is 13.2 Å². The van der Waals surface area contributed by atoms with Crippen molar-refractivity contribution in [2.24, 2.45) is 5.16 Å². The number of rotatable bonds is 5. The average molecular weight is 278 g/mol. The van der Waals surface area contributed by atoms with Crippen molar-refractivity contribution in [2.45, 2.75) is 13.0 Å². The molecule has 0 aliphatic heterocycles. The second kappa shape index (κ2) is 6.75. The number of hydrogen-bond acceptors (Lipinski definition) is 2. The normalized spacial score (nSPS) is 11.2. The number of hydrogen-bond donors (Lipinski definition) is 0. The summed E-state index contributed by atoms with van der Waals surface area (Å²) in [6, 6.07) is 11.7. The summed E-state index contributed by atoms with van der Waals surface area (Å²) >= 11 is 0. The molecule has 0 bridgehead atoms. The summed E-state index contributed by atoms with van der Waals surface area (Å²) in [5.41, 5.74) is 0.817. The van der Waals surface area contributed by atoms with Crippen molar-refractivity contribution in [3.63, 3.8) is 0 Å². The van der Waals surface area contributed by atoms with Crippen molar-refractivity contribution in [1.82, 2.24) is 0 Å². The highest BCUT2D eigenvalue weighted by atomic mass is 19.3. The van der Waals surface area contributed by atoms with Crippen molar-refractivity contribution in [3.05, 3.63) is 71.0 Å². The molecule has 2 rings (SSSR count). The van der Waals surface area contributed by atoms with Gasteiger partial charge in [-0.3, -0.25) is 0 Å². The first-order valence-electron chi connectivity index (χ1n) is 5.86. The third-order valence-electron chi connectivity index (χ3n) is 2.58. The Labute approximate surface area is 114 Å². The van der Waals surface area contributed by atoms with Gasteiger partial charge in [0, 0.05) is 16.7 Å². The van der Waals surface area contributed by atoms with Crippen molar-refractivity contribution < 1.29 is 18.0 Å². The van der Waals surface area contributed by atoms with Crippen LogP contribution in [0.4, 0.5) is 13.2 Å². The maximum Gasteiger partial charge on any atom is 0.263 e. The minimum atomic E-state index is -2.50. The molecule has 0 amide bonds. The van der Waals surface area contributed by atoms with Crippen molar-refractivity contribution in [1.29, 1.82) is 0 Å². The fraction of sp³-hybridized carbons (Fsp3) is 0.133. The number of nitrogens with zero attached hydrogens (tertiary/aromatic N) is 1. The van der Waals surface area contributed by atoms with Crippen LogP contribution in [0.5, 0.6) is 0 Å². The lowest BCUT2D eigenvalue weighted by atomic mass is 10.1. The van der Waals surface area contributed by atoms with Crippen LogP contribution in [0.25, 0.3) is 0 Å². The largest absolute Gasteiger partial charge is 0.390 e. The Kier molecular flexibility index (Phi) is 4.76. The molecule has 0 saturated carbocycles. The third kappa shape index (κ3) is 3.85. The van der Waals surface area contributed by atoms with Gasteiger partial charge < -0.3 is 4.84 Å². The summed E-state index contributed by atoms with van der Waals surface area (Å²) in [6.45, 7) is -0.0191. The van der Waals surface area contributed by atoms with Crippen LogP contribution in [0, 0.1) is 5.82 Å². The fourth-order valence-corrected chi connectivity index (χ4v) is 1.51. The summed E-state index contributed by atoms with van der Waals surface area (Å²) in [6.07, 6.45) is 0.0344. The molecule has 0 aliphatic rings. The first-order valence-corrected chi connectivity index (χ1v) is 5.86. The van der Waals surface area contributed by atoms with E-state index in [1.54, 1.807) is 18.2 Å². The first kappa shape index (κ1) is 14.1. The van der Waals surface area contributed by atoms with E-state index in [0.29, 0.717) is 11.1 Å². The van der Waals surface area contributed by atoms with Crippen LogP contribution in [-0.2, 0) is 11.4 Å². The van der Waals surface area contributed by atoms with Gasteiger partial charge in [-0.1, -0.05) is 47.6 Å². The molecule has 0 heterocycles. The summed E-state index contributed by atoms with van der Waals surface area (Å²) < 4.78 is 37.9. The second-order valence-corrected chi connectivity index (χ2v) is 3.99. The van der Waals surface area contributed by atoms with Crippen molar-refractivity contribution in [2.75, 3.05) is 0 Å². The van der Waals surface area contributed by atoms with Gasteiger partial charge in [-0.2, -0.15) is 0 Å². The minimum Gasteiger partial charge on any atom is -0.390 e. The Morgan fingerprint density at radius 2 is 1.75 bits per heavy atom. The molecule has 0 saturated heterocycles. The lowest BCUT2D eigenvalue weighted by Gasteiger charge is -2.01. The minimum absolute atomic E-state index is 0.0191. The zero-order valence-corrected chi connectivity index (χ0v) is 10.4. The lowest BCUT2D eigenvalue weighted by Crippen LogP contribution is -1.92. The van der Waals surface area contributed by atoms with Crippen LogP contribution in [-0.4, -0.2) is 6.21 Å². The van der Waals surface area contributed by atoms with Crippen LogP contribution in [0.1, 0.15) is 23.1 Å². The standard InChI is InChI=1S/C15H11F3NO/c16-14-4-2-1-3-13(14)10-20-19-9-11-5-7-12(8-6-11)15(17)18/h1-8,15H,10H2. The van der Waals surface area contributed by atoms with Gasteiger partial charge in [0.2, 0.25) is 0 Å². The predicted molar refractivity (Wildman–Crippen MR) is 69.1 cm³/mol. The Balaban J connectivity index is 1.89.